The number of hydrogen-bond acceptors (Lipinski definition) is 3. The lowest BCUT2D eigenvalue weighted by Gasteiger charge is -2.19. The molecule has 1 aromatic heterocycles. The van der Waals surface area contributed by atoms with Crippen molar-refractivity contribution in [2.75, 3.05) is 11.9 Å². The van der Waals surface area contributed by atoms with E-state index in [2.05, 4.69) is 20.9 Å². The lowest BCUT2D eigenvalue weighted by molar-refractivity contribution is 1.12. The minimum atomic E-state index is 0.406. The van der Waals surface area contributed by atoms with Gasteiger partial charge in [0.15, 0.2) is 0 Å². The van der Waals surface area contributed by atoms with Crippen molar-refractivity contribution in [1.29, 1.82) is 0 Å². The number of benzene rings is 1. The molecule has 0 unspecified atom stereocenters. The zero-order valence-corrected chi connectivity index (χ0v) is 12.2. The van der Waals surface area contributed by atoms with Gasteiger partial charge in [-0.2, -0.15) is 0 Å². The number of nitrogens with zero attached hydrogens (tertiary/aromatic N) is 2. The Morgan fingerprint density at radius 3 is 2.50 bits per heavy atom. The fourth-order valence-corrected chi connectivity index (χ4v) is 2.25. The van der Waals surface area contributed by atoms with Crippen molar-refractivity contribution in [3.8, 4) is 0 Å². The van der Waals surface area contributed by atoms with Gasteiger partial charge in [-0.05, 0) is 52.3 Å². The van der Waals surface area contributed by atoms with Gasteiger partial charge in [-0.15, -0.1) is 0 Å². The minimum absolute atomic E-state index is 0.406. The van der Waals surface area contributed by atoms with Gasteiger partial charge < -0.3 is 10.6 Å². The second-order valence-corrected chi connectivity index (χ2v) is 5.07. The summed E-state index contributed by atoms with van der Waals surface area (Å²) in [5.74, 6) is 0.862. The highest BCUT2D eigenvalue weighted by Gasteiger charge is 2.08. The lowest BCUT2D eigenvalue weighted by atomic mass is 10.2. The lowest BCUT2D eigenvalue weighted by Crippen LogP contribution is -2.13. The molecule has 0 amide bonds. The highest BCUT2D eigenvalue weighted by Crippen LogP contribution is 2.28. The molecule has 0 aliphatic rings. The molecule has 92 valence electrons. The van der Waals surface area contributed by atoms with Crippen molar-refractivity contribution in [3.63, 3.8) is 0 Å². The number of hydrogen-bond donors (Lipinski definition) is 1. The van der Waals surface area contributed by atoms with Gasteiger partial charge in [0.2, 0.25) is 0 Å². The van der Waals surface area contributed by atoms with Crippen LogP contribution < -0.4 is 10.6 Å². The fourth-order valence-electron chi connectivity index (χ4n) is 1.60. The first-order chi connectivity index (χ1) is 8.59. The summed E-state index contributed by atoms with van der Waals surface area (Å²) in [6, 6.07) is 11.6. The molecular weight excluding hydrogens is 310 g/mol. The molecule has 0 saturated carbocycles. The Bertz CT molecular complexity index is 569. The third-order valence-electron chi connectivity index (χ3n) is 2.60. The number of halogens is 1. The van der Waals surface area contributed by atoms with E-state index in [9.17, 15) is 0 Å². The van der Waals surface area contributed by atoms with Crippen LogP contribution in [0.3, 0.4) is 0 Å². The van der Waals surface area contributed by atoms with E-state index in [0.29, 0.717) is 4.99 Å². The first-order valence-corrected chi connectivity index (χ1v) is 6.54. The number of anilines is 2. The largest absolute Gasteiger partial charge is 0.389 e. The summed E-state index contributed by atoms with van der Waals surface area (Å²) >= 11 is 8.42. The van der Waals surface area contributed by atoms with E-state index >= 15 is 0 Å². The van der Waals surface area contributed by atoms with Crippen LogP contribution in [0, 0.1) is 0 Å². The van der Waals surface area contributed by atoms with Crippen molar-refractivity contribution in [2.24, 2.45) is 5.73 Å². The molecule has 18 heavy (non-hydrogen) atoms. The molecule has 0 bridgehead atoms. The van der Waals surface area contributed by atoms with Crippen molar-refractivity contribution in [3.05, 3.63) is 52.6 Å². The molecule has 0 aliphatic heterocycles. The highest BCUT2D eigenvalue weighted by molar-refractivity contribution is 9.10. The number of nitrogens with two attached hydrogens (primary N) is 1. The van der Waals surface area contributed by atoms with E-state index in [1.807, 2.05) is 48.3 Å². The molecule has 5 heteroatoms. The van der Waals surface area contributed by atoms with Crippen LogP contribution in [0.2, 0.25) is 0 Å². The molecule has 0 atom stereocenters. The van der Waals surface area contributed by atoms with Gasteiger partial charge in [-0.25, -0.2) is 4.98 Å². The number of rotatable bonds is 3. The van der Waals surface area contributed by atoms with Gasteiger partial charge in [0.1, 0.15) is 10.8 Å². The van der Waals surface area contributed by atoms with Crippen molar-refractivity contribution >= 4 is 44.6 Å². The predicted molar refractivity (Wildman–Crippen MR) is 82.3 cm³/mol. The Hall–Kier alpha value is -1.46. The Morgan fingerprint density at radius 1 is 1.28 bits per heavy atom. The molecule has 0 fully saturated rings. The van der Waals surface area contributed by atoms with Crippen LogP contribution >= 0.6 is 28.1 Å². The average molecular weight is 322 g/mol. The van der Waals surface area contributed by atoms with E-state index in [4.69, 9.17) is 18.0 Å². The maximum Gasteiger partial charge on any atom is 0.147 e. The second kappa shape index (κ2) is 5.46. The van der Waals surface area contributed by atoms with Crippen LogP contribution in [-0.2, 0) is 0 Å². The van der Waals surface area contributed by atoms with Gasteiger partial charge in [-0.3, -0.25) is 0 Å². The van der Waals surface area contributed by atoms with Gasteiger partial charge in [0.25, 0.3) is 0 Å². The van der Waals surface area contributed by atoms with E-state index in [1.165, 1.54) is 0 Å². The van der Waals surface area contributed by atoms with Crippen LogP contribution in [-0.4, -0.2) is 17.0 Å². The van der Waals surface area contributed by atoms with E-state index < -0.39 is 0 Å². The number of pyridine rings is 1. The summed E-state index contributed by atoms with van der Waals surface area (Å²) in [6.45, 7) is 0. The molecule has 1 aromatic carbocycles. The quantitative estimate of drug-likeness (QED) is 0.881. The van der Waals surface area contributed by atoms with Crippen LogP contribution in [0.25, 0.3) is 0 Å². The summed E-state index contributed by atoms with van der Waals surface area (Å²) in [5, 5.41) is 0. The summed E-state index contributed by atoms with van der Waals surface area (Å²) < 4.78 is 0.950. The van der Waals surface area contributed by atoms with Crippen molar-refractivity contribution in [1.82, 2.24) is 4.98 Å². The van der Waals surface area contributed by atoms with Crippen molar-refractivity contribution < 1.29 is 0 Å². The molecule has 2 rings (SSSR count). The SMILES string of the molecule is CN(c1ccc(C(N)=S)cc1)c1ncccc1Br. The normalized spacial score (nSPS) is 10.1. The summed E-state index contributed by atoms with van der Waals surface area (Å²) in [5.41, 5.74) is 7.46. The molecule has 0 saturated heterocycles. The molecule has 2 aromatic rings. The zero-order chi connectivity index (χ0) is 13.1. The smallest absolute Gasteiger partial charge is 0.147 e. The van der Waals surface area contributed by atoms with Gasteiger partial charge in [0, 0.05) is 24.5 Å². The summed E-state index contributed by atoms with van der Waals surface area (Å²) in [6.07, 6.45) is 1.76. The maximum atomic E-state index is 5.57. The Kier molecular flexibility index (Phi) is 3.93. The average Bonchev–Trinajstić information content (AvgIpc) is 2.38. The van der Waals surface area contributed by atoms with E-state index in [0.717, 1.165) is 21.5 Å². The minimum Gasteiger partial charge on any atom is -0.389 e. The van der Waals surface area contributed by atoms with E-state index in [1.54, 1.807) is 6.20 Å². The number of aromatic nitrogens is 1. The van der Waals surface area contributed by atoms with Gasteiger partial charge in [0.05, 0.1) is 4.47 Å². The molecule has 3 nitrogen and oxygen atoms in total. The first-order valence-electron chi connectivity index (χ1n) is 5.33. The van der Waals surface area contributed by atoms with E-state index in [-0.39, 0.29) is 0 Å². The maximum absolute atomic E-state index is 5.57. The molecule has 0 aliphatic carbocycles. The van der Waals surface area contributed by atoms with Crippen LogP contribution in [0.1, 0.15) is 5.56 Å². The Labute approximate surface area is 120 Å². The topological polar surface area (TPSA) is 42.1 Å². The molecule has 0 radical (unpaired) electrons. The Morgan fingerprint density at radius 2 is 1.94 bits per heavy atom. The molecule has 1 heterocycles. The monoisotopic (exact) mass is 321 g/mol. The predicted octanol–water partition coefficient (Wildman–Crippen LogP) is 3.25. The highest BCUT2D eigenvalue weighted by atomic mass is 79.9. The zero-order valence-electron chi connectivity index (χ0n) is 9.80. The first kappa shape index (κ1) is 13.0. The summed E-state index contributed by atoms with van der Waals surface area (Å²) in [7, 11) is 1.96. The fraction of sp³-hybridized carbons (Fsp3) is 0.0769. The molecule has 0 spiro atoms. The van der Waals surface area contributed by atoms with Crippen LogP contribution in [0.15, 0.2) is 47.1 Å². The van der Waals surface area contributed by atoms with Gasteiger partial charge >= 0.3 is 0 Å². The van der Waals surface area contributed by atoms with Crippen LogP contribution in [0.5, 0.6) is 0 Å². The van der Waals surface area contributed by atoms with Crippen molar-refractivity contribution in [2.45, 2.75) is 0 Å². The van der Waals surface area contributed by atoms with Crippen LogP contribution in [0.4, 0.5) is 11.5 Å². The summed E-state index contributed by atoms with van der Waals surface area (Å²) in [4.78, 5) is 6.74. The number of thiocarbonyl (C=S) groups is 1. The third-order valence-corrected chi connectivity index (χ3v) is 3.45. The van der Waals surface area contributed by atoms with Gasteiger partial charge in [-0.1, -0.05) is 12.2 Å². The molecular formula is C13H12BrN3S. The second-order valence-electron chi connectivity index (χ2n) is 3.78. The third kappa shape index (κ3) is 2.68. The Balaban J connectivity index is 2.32. The standard InChI is InChI=1S/C13H12BrN3S/c1-17(13-11(14)3-2-8-16-13)10-6-4-9(5-7-10)12(15)18/h2-8H,1H3,(H2,15,18). The molecule has 2 N–H and O–H groups in total.